The van der Waals surface area contributed by atoms with E-state index in [9.17, 15) is 9.90 Å². The van der Waals surface area contributed by atoms with Crippen LogP contribution >= 0.6 is 23.8 Å². The van der Waals surface area contributed by atoms with E-state index in [1.54, 1.807) is 19.2 Å². The van der Waals surface area contributed by atoms with Crippen molar-refractivity contribution in [2.24, 2.45) is 0 Å². The average molecular weight is 374 g/mol. The zero-order valence-electron chi connectivity index (χ0n) is 13.7. The second-order valence-electron chi connectivity index (χ2n) is 5.67. The number of halogens is 1. The summed E-state index contributed by atoms with van der Waals surface area (Å²) in [6.07, 6.45) is -0.0776. The van der Waals surface area contributed by atoms with Gasteiger partial charge in [-0.15, -0.1) is 0 Å². The van der Waals surface area contributed by atoms with Crippen LogP contribution in [0, 0.1) is 6.92 Å². The molecule has 128 valence electrons. The number of methoxy groups -OCH3 is 1. The molecule has 0 aliphatic carbocycles. The van der Waals surface area contributed by atoms with Gasteiger partial charge in [-0.05, 0) is 42.8 Å². The lowest BCUT2D eigenvalue weighted by Crippen LogP contribution is -2.13. The van der Waals surface area contributed by atoms with E-state index < -0.39 is 5.97 Å². The second-order valence-corrected chi connectivity index (χ2v) is 6.49. The third-order valence-corrected chi connectivity index (χ3v) is 4.83. The van der Waals surface area contributed by atoms with Crippen LogP contribution < -0.4 is 4.74 Å². The number of carboxylic acids is 1. The average Bonchev–Trinajstić information content (AvgIpc) is 2.86. The molecule has 1 heterocycles. The molecule has 0 fully saturated rings. The fraction of sp³-hybridized carbons (Fsp3) is 0.158. The number of benzene rings is 2. The Bertz CT molecular complexity index is 976. The molecule has 1 aromatic heterocycles. The van der Waals surface area contributed by atoms with Crippen molar-refractivity contribution in [2.45, 2.75) is 13.3 Å². The second kappa shape index (κ2) is 6.86. The Morgan fingerprint density at radius 1 is 1.24 bits per heavy atom. The minimum absolute atomic E-state index is 0.0776. The molecular weight excluding hydrogens is 358 g/mol. The summed E-state index contributed by atoms with van der Waals surface area (Å²) in [5.41, 5.74) is 3.25. The lowest BCUT2D eigenvalue weighted by molar-refractivity contribution is -0.136. The maximum absolute atomic E-state index is 11.3. The summed E-state index contributed by atoms with van der Waals surface area (Å²) in [5.74, 6) is -0.212. The maximum atomic E-state index is 11.3. The quantitative estimate of drug-likeness (QED) is 0.686. The lowest BCUT2D eigenvalue weighted by atomic mass is 10.1. The van der Waals surface area contributed by atoms with Gasteiger partial charge in [0.15, 0.2) is 0 Å². The summed E-state index contributed by atoms with van der Waals surface area (Å²) < 4.78 is 7.19. The highest BCUT2D eigenvalue weighted by molar-refractivity contribution is 7.80. The van der Waals surface area contributed by atoms with Crippen molar-refractivity contribution in [1.29, 1.82) is 0 Å². The molecule has 0 amide bonds. The van der Waals surface area contributed by atoms with Gasteiger partial charge in [-0.2, -0.15) is 0 Å². The first kappa shape index (κ1) is 17.5. The summed E-state index contributed by atoms with van der Waals surface area (Å²) >= 11 is 11.6. The summed E-state index contributed by atoms with van der Waals surface area (Å²) in [6.45, 7) is 1.88. The predicted molar refractivity (Wildman–Crippen MR) is 103 cm³/mol. The van der Waals surface area contributed by atoms with E-state index in [0.717, 1.165) is 27.7 Å². The summed E-state index contributed by atoms with van der Waals surface area (Å²) in [6, 6.07) is 12.9. The highest BCUT2D eigenvalue weighted by Crippen LogP contribution is 2.31. The number of hydrogen-bond donors (Lipinski definition) is 1. The Labute approximate surface area is 155 Å². The van der Waals surface area contributed by atoms with Crippen LogP contribution in [0.15, 0.2) is 42.5 Å². The molecule has 0 unspecified atom stereocenters. The van der Waals surface area contributed by atoms with Crippen molar-refractivity contribution >= 4 is 45.7 Å². The molecule has 0 aliphatic rings. The molecule has 0 radical (unpaired) electrons. The Balaban J connectivity index is 2.23. The first-order chi connectivity index (χ1) is 11.9. The van der Waals surface area contributed by atoms with Crippen molar-refractivity contribution in [1.82, 2.24) is 4.57 Å². The number of hydrogen-bond acceptors (Lipinski definition) is 3. The number of aliphatic carboxylic acids is 1. The van der Waals surface area contributed by atoms with E-state index in [1.165, 1.54) is 0 Å². The number of carbonyl (C=O) groups is 1. The Hall–Kier alpha value is -2.37. The van der Waals surface area contributed by atoms with Gasteiger partial charge in [0.05, 0.1) is 19.0 Å². The van der Waals surface area contributed by atoms with Gasteiger partial charge in [0.2, 0.25) is 0 Å². The minimum atomic E-state index is -0.887. The number of ether oxygens (including phenoxy) is 1. The first-order valence-corrected chi connectivity index (χ1v) is 8.41. The van der Waals surface area contributed by atoms with Gasteiger partial charge in [-0.1, -0.05) is 36.0 Å². The number of rotatable bonds is 4. The van der Waals surface area contributed by atoms with Crippen molar-refractivity contribution in [3.8, 4) is 5.75 Å². The minimum Gasteiger partial charge on any atom is -0.497 e. The molecule has 0 saturated heterocycles. The van der Waals surface area contributed by atoms with Crippen LogP contribution in [0.25, 0.3) is 10.9 Å². The van der Waals surface area contributed by atoms with Gasteiger partial charge in [0.1, 0.15) is 10.7 Å². The zero-order chi connectivity index (χ0) is 18.1. The van der Waals surface area contributed by atoms with Gasteiger partial charge < -0.3 is 14.4 Å². The molecule has 0 bridgehead atoms. The van der Waals surface area contributed by atoms with Gasteiger partial charge in [-0.25, -0.2) is 0 Å². The molecule has 25 heavy (non-hydrogen) atoms. The fourth-order valence-electron chi connectivity index (χ4n) is 2.95. The number of fused-ring (bicyclic) bond motifs is 1. The molecule has 0 saturated carbocycles. The Morgan fingerprint density at radius 2 is 1.92 bits per heavy atom. The largest absolute Gasteiger partial charge is 0.497 e. The molecule has 6 heteroatoms. The van der Waals surface area contributed by atoms with Gasteiger partial charge in [0, 0.05) is 21.7 Å². The topological polar surface area (TPSA) is 51.5 Å². The van der Waals surface area contributed by atoms with E-state index in [0.29, 0.717) is 15.8 Å². The normalized spacial score (nSPS) is 10.8. The van der Waals surface area contributed by atoms with Crippen LogP contribution in [0.4, 0.5) is 0 Å². The lowest BCUT2D eigenvalue weighted by Gasteiger charge is -2.11. The summed E-state index contributed by atoms with van der Waals surface area (Å²) in [5, 5.41) is 10.8. The standard InChI is InChI=1S/C19H16ClNO3S/c1-11-15(10-18(22)23)16-9-14(24-2)7-8-17(16)21(11)19(25)12-3-5-13(20)6-4-12/h3-9H,10H2,1-2H3,(H,22,23). The smallest absolute Gasteiger partial charge is 0.307 e. The van der Waals surface area contributed by atoms with Crippen molar-refractivity contribution in [3.63, 3.8) is 0 Å². The van der Waals surface area contributed by atoms with Crippen LogP contribution in [0.2, 0.25) is 5.02 Å². The fourth-order valence-corrected chi connectivity index (χ4v) is 3.44. The molecule has 0 aliphatic heterocycles. The van der Waals surface area contributed by atoms with Crippen LogP contribution in [0.1, 0.15) is 16.8 Å². The molecule has 3 aromatic rings. The molecular formula is C19H16ClNO3S. The summed E-state index contributed by atoms with van der Waals surface area (Å²) in [4.78, 5) is 11.9. The molecule has 0 atom stereocenters. The van der Waals surface area contributed by atoms with Crippen LogP contribution in [-0.2, 0) is 11.2 Å². The molecule has 0 spiro atoms. The molecule has 1 N–H and O–H groups in total. The van der Waals surface area contributed by atoms with Crippen molar-refractivity contribution in [3.05, 3.63) is 64.3 Å². The van der Waals surface area contributed by atoms with Gasteiger partial charge in [-0.3, -0.25) is 4.79 Å². The van der Waals surface area contributed by atoms with Crippen LogP contribution in [-0.4, -0.2) is 27.7 Å². The predicted octanol–water partition coefficient (Wildman–Crippen LogP) is 4.46. The monoisotopic (exact) mass is 373 g/mol. The highest BCUT2D eigenvalue weighted by atomic mass is 35.5. The van der Waals surface area contributed by atoms with E-state index in [4.69, 9.17) is 28.6 Å². The van der Waals surface area contributed by atoms with Crippen molar-refractivity contribution < 1.29 is 14.6 Å². The first-order valence-electron chi connectivity index (χ1n) is 7.62. The van der Waals surface area contributed by atoms with Crippen LogP contribution in [0.3, 0.4) is 0 Å². The Morgan fingerprint density at radius 3 is 2.52 bits per heavy atom. The summed E-state index contributed by atoms with van der Waals surface area (Å²) in [7, 11) is 1.58. The maximum Gasteiger partial charge on any atom is 0.307 e. The number of carboxylic acid groups (broad SMARTS) is 1. The number of aromatic nitrogens is 1. The number of nitrogens with zero attached hydrogens (tertiary/aromatic N) is 1. The third kappa shape index (κ3) is 3.25. The molecule has 2 aromatic carbocycles. The van der Waals surface area contributed by atoms with E-state index in [1.807, 2.05) is 41.8 Å². The van der Waals surface area contributed by atoms with Gasteiger partial charge in [0.25, 0.3) is 0 Å². The highest BCUT2D eigenvalue weighted by Gasteiger charge is 2.20. The molecule has 3 rings (SSSR count). The van der Waals surface area contributed by atoms with E-state index in [2.05, 4.69) is 0 Å². The number of thiocarbonyl (C=S) groups is 1. The zero-order valence-corrected chi connectivity index (χ0v) is 15.3. The van der Waals surface area contributed by atoms with Gasteiger partial charge >= 0.3 is 5.97 Å². The van der Waals surface area contributed by atoms with E-state index >= 15 is 0 Å². The Kier molecular flexibility index (Phi) is 4.79. The van der Waals surface area contributed by atoms with Crippen molar-refractivity contribution in [2.75, 3.05) is 7.11 Å². The van der Waals surface area contributed by atoms with E-state index in [-0.39, 0.29) is 6.42 Å². The molecule has 4 nitrogen and oxygen atoms in total. The van der Waals surface area contributed by atoms with Crippen LogP contribution in [0.5, 0.6) is 5.75 Å². The third-order valence-electron chi connectivity index (χ3n) is 4.16. The SMILES string of the molecule is COc1ccc2c(c1)c(CC(=O)O)c(C)n2C(=S)c1ccc(Cl)cc1.